The number of allylic oxidation sites excluding steroid dienone is 1. The van der Waals surface area contributed by atoms with Crippen molar-refractivity contribution in [1.82, 2.24) is 0 Å². The van der Waals surface area contributed by atoms with Gasteiger partial charge in [0.2, 0.25) is 0 Å². The van der Waals surface area contributed by atoms with Gasteiger partial charge in [0.15, 0.2) is 5.78 Å². The van der Waals surface area contributed by atoms with E-state index in [0.717, 1.165) is 50.4 Å². The molecule has 0 radical (unpaired) electrons. The summed E-state index contributed by atoms with van der Waals surface area (Å²) in [7, 11) is 0. The molecular formula is C27H34O3. The standard InChI is InChI=1S/C27H34O3/c1-27-16-15-22-21-11-9-20(28)17-19(21)8-10-23(22)24(27)12-13-25(27)30-26(29)14-7-18-5-3-2-4-6-18/h2-6,17,21-25H,7-16H2,1H3/t21-,22-,23-,24-,25-,27-/m0/s1. The van der Waals surface area contributed by atoms with Crippen LogP contribution in [0.2, 0.25) is 0 Å². The molecule has 5 rings (SSSR count). The van der Waals surface area contributed by atoms with Gasteiger partial charge in [0.1, 0.15) is 6.10 Å². The van der Waals surface area contributed by atoms with E-state index < -0.39 is 0 Å². The Bertz CT molecular complexity index is 841. The number of hydrogen-bond donors (Lipinski definition) is 0. The highest BCUT2D eigenvalue weighted by Crippen LogP contribution is 2.62. The number of esters is 1. The van der Waals surface area contributed by atoms with Crippen molar-refractivity contribution in [3.05, 3.63) is 47.5 Å². The van der Waals surface area contributed by atoms with Gasteiger partial charge in [-0.25, -0.2) is 0 Å². The highest BCUT2D eigenvalue weighted by Gasteiger charge is 2.57. The molecule has 0 N–H and O–H groups in total. The molecule has 0 aliphatic heterocycles. The number of fused-ring (bicyclic) bond motifs is 5. The molecule has 3 fully saturated rings. The van der Waals surface area contributed by atoms with E-state index >= 15 is 0 Å². The number of hydrogen-bond acceptors (Lipinski definition) is 3. The average Bonchev–Trinajstić information content (AvgIpc) is 3.09. The monoisotopic (exact) mass is 406 g/mol. The Balaban J connectivity index is 1.23. The second-order valence-corrected chi connectivity index (χ2v) is 10.4. The van der Waals surface area contributed by atoms with E-state index in [1.807, 2.05) is 24.3 Å². The minimum Gasteiger partial charge on any atom is -0.462 e. The van der Waals surface area contributed by atoms with Crippen LogP contribution in [0.1, 0.15) is 70.3 Å². The van der Waals surface area contributed by atoms with Crippen LogP contribution in [0.3, 0.4) is 0 Å². The predicted octanol–water partition coefficient (Wildman–Crippen LogP) is 5.67. The minimum absolute atomic E-state index is 0.0347. The zero-order valence-electron chi connectivity index (χ0n) is 18.1. The Hall–Kier alpha value is -1.90. The molecule has 4 aliphatic carbocycles. The molecule has 3 heteroatoms. The van der Waals surface area contributed by atoms with Crippen molar-refractivity contribution in [3.8, 4) is 0 Å². The third-order valence-electron chi connectivity index (χ3n) is 8.95. The molecule has 30 heavy (non-hydrogen) atoms. The minimum atomic E-state index is -0.0347. The number of carbonyl (C=O) groups excluding carboxylic acids is 2. The van der Waals surface area contributed by atoms with E-state index in [1.54, 1.807) is 0 Å². The molecule has 0 spiro atoms. The second kappa shape index (κ2) is 7.98. The van der Waals surface area contributed by atoms with Crippen LogP contribution >= 0.6 is 0 Å². The molecular weight excluding hydrogens is 372 g/mol. The van der Waals surface area contributed by atoms with Crippen LogP contribution in [-0.4, -0.2) is 17.9 Å². The van der Waals surface area contributed by atoms with Crippen LogP contribution in [0.4, 0.5) is 0 Å². The van der Waals surface area contributed by atoms with Crippen molar-refractivity contribution < 1.29 is 14.3 Å². The van der Waals surface area contributed by atoms with Crippen LogP contribution in [-0.2, 0) is 20.7 Å². The maximum Gasteiger partial charge on any atom is 0.306 e. The van der Waals surface area contributed by atoms with Crippen molar-refractivity contribution >= 4 is 11.8 Å². The molecule has 0 saturated heterocycles. The first kappa shape index (κ1) is 20.0. The summed E-state index contributed by atoms with van der Waals surface area (Å²) in [6.07, 6.45) is 12.0. The van der Waals surface area contributed by atoms with Gasteiger partial charge in [0, 0.05) is 18.3 Å². The smallest absolute Gasteiger partial charge is 0.306 e. The van der Waals surface area contributed by atoms with Crippen molar-refractivity contribution in [1.29, 1.82) is 0 Å². The average molecular weight is 407 g/mol. The van der Waals surface area contributed by atoms with Gasteiger partial charge in [-0.15, -0.1) is 0 Å². The zero-order valence-corrected chi connectivity index (χ0v) is 18.1. The molecule has 3 saturated carbocycles. The summed E-state index contributed by atoms with van der Waals surface area (Å²) in [6, 6.07) is 10.2. The molecule has 0 heterocycles. The molecule has 1 aromatic carbocycles. The fourth-order valence-corrected chi connectivity index (χ4v) is 7.43. The molecule has 0 bridgehead atoms. The van der Waals surface area contributed by atoms with Gasteiger partial charge in [-0.2, -0.15) is 0 Å². The highest BCUT2D eigenvalue weighted by atomic mass is 16.5. The number of ketones is 1. The maximum absolute atomic E-state index is 12.6. The van der Waals surface area contributed by atoms with Crippen LogP contribution in [0, 0.1) is 29.1 Å². The van der Waals surface area contributed by atoms with E-state index in [9.17, 15) is 9.59 Å². The fraction of sp³-hybridized carbons (Fsp3) is 0.630. The Kier molecular flexibility index (Phi) is 5.33. The largest absolute Gasteiger partial charge is 0.462 e. The molecule has 4 aliphatic rings. The lowest BCUT2D eigenvalue weighted by atomic mass is 9.52. The predicted molar refractivity (Wildman–Crippen MR) is 117 cm³/mol. The third kappa shape index (κ3) is 3.55. The summed E-state index contributed by atoms with van der Waals surface area (Å²) in [5.74, 6) is 3.09. The molecule has 0 amide bonds. The van der Waals surface area contributed by atoms with Gasteiger partial charge in [0.05, 0.1) is 0 Å². The van der Waals surface area contributed by atoms with Crippen LogP contribution in [0.5, 0.6) is 0 Å². The zero-order chi connectivity index (χ0) is 20.7. The summed E-state index contributed by atoms with van der Waals surface area (Å²) in [4.78, 5) is 24.5. The first-order valence-corrected chi connectivity index (χ1v) is 12.0. The summed E-state index contributed by atoms with van der Waals surface area (Å²) in [5, 5.41) is 0. The molecule has 1 aromatic rings. The topological polar surface area (TPSA) is 43.4 Å². The van der Waals surface area contributed by atoms with Gasteiger partial charge in [-0.1, -0.05) is 42.8 Å². The van der Waals surface area contributed by atoms with Crippen LogP contribution in [0.15, 0.2) is 42.0 Å². The molecule has 160 valence electrons. The Morgan fingerprint density at radius 1 is 1.03 bits per heavy atom. The number of ether oxygens (including phenoxy) is 1. The first-order valence-electron chi connectivity index (χ1n) is 12.0. The fourth-order valence-electron chi connectivity index (χ4n) is 7.43. The van der Waals surface area contributed by atoms with Gasteiger partial charge in [-0.3, -0.25) is 9.59 Å². The van der Waals surface area contributed by atoms with E-state index in [-0.39, 0.29) is 17.5 Å². The summed E-state index contributed by atoms with van der Waals surface area (Å²) in [6.45, 7) is 2.39. The quantitative estimate of drug-likeness (QED) is 0.605. The highest BCUT2D eigenvalue weighted by molar-refractivity contribution is 5.91. The van der Waals surface area contributed by atoms with Gasteiger partial charge < -0.3 is 4.74 Å². The molecule has 3 nitrogen and oxygen atoms in total. The molecule has 0 aromatic heterocycles. The normalized spacial score (nSPS) is 37.6. The van der Waals surface area contributed by atoms with E-state index in [1.165, 1.54) is 30.4 Å². The number of benzene rings is 1. The number of carbonyl (C=O) groups is 2. The Morgan fingerprint density at radius 2 is 1.87 bits per heavy atom. The lowest BCUT2D eigenvalue weighted by Crippen LogP contribution is -2.48. The third-order valence-corrected chi connectivity index (χ3v) is 8.95. The van der Waals surface area contributed by atoms with E-state index in [2.05, 4.69) is 19.1 Å². The SMILES string of the molecule is C[C@]12CC[C@@H]3[C@H](CCC4=CC(=O)CC[C@@H]43)[C@@H]1CC[C@@H]2OC(=O)CCc1ccccc1. The van der Waals surface area contributed by atoms with Crippen molar-refractivity contribution in [2.75, 3.05) is 0 Å². The van der Waals surface area contributed by atoms with Crippen molar-refractivity contribution in [2.24, 2.45) is 29.1 Å². The van der Waals surface area contributed by atoms with Gasteiger partial charge in [0.25, 0.3) is 0 Å². The second-order valence-electron chi connectivity index (χ2n) is 10.4. The van der Waals surface area contributed by atoms with E-state index in [4.69, 9.17) is 4.74 Å². The lowest BCUT2D eigenvalue weighted by molar-refractivity contribution is -0.158. The summed E-state index contributed by atoms with van der Waals surface area (Å²) < 4.78 is 6.11. The van der Waals surface area contributed by atoms with Gasteiger partial charge >= 0.3 is 5.97 Å². The van der Waals surface area contributed by atoms with Gasteiger partial charge in [-0.05, 0) is 86.7 Å². The summed E-state index contributed by atoms with van der Waals surface area (Å²) in [5.41, 5.74) is 2.77. The van der Waals surface area contributed by atoms with Crippen molar-refractivity contribution in [2.45, 2.75) is 77.2 Å². The lowest BCUT2D eigenvalue weighted by Gasteiger charge is -2.53. The molecule has 6 atom stereocenters. The Labute approximate surface area is 180 Å². The first-order chi connectivity index (χ1) is 14.5. The maximum atomic E-state index is 12.6. The number of rotatable bonds is 4. The Morgan fingerprint density at radius 3 is 2.70 bits per heavy atom. The number of aryl methyl sites for hydroxylation is 1. The van der Waals surface area contributed by atoms with Crippen LogP contribution < -0.4 is 0 Å². The van der Waals surface area contributed by atoms with Crippen molar-refractivity contribution in [3.63, 3.8) is 0 Å². The van der Waals surface area contributed by atoms with E-state index in [0.29, 0.717) is 24.0 Å². The van der Waals surface area contributed by atoms with Crippen LogP contribution in [0.25, 0.3) is 0 Å². The molecule has 0 unspecified atom stereocenters. The summed E-state index contributed by atoms with van der Waals surface area (Å²) >= 11 is 0.